The van der Waals surface area contributed by atoms with Crippen molar-refractivity contribution in [1.82, 2.24) is 0 Å². The number of aliphatic hydroxyl groups excluding tert-OH is 2. The zero-order valence-corrected chi connectivity index (χ0v) is 49.2. The zero-order valence-electron chi connectivity index (χ0n) is 49.2. The highest BCUT2D eigenvalue weighted by molar-refractivity contribution is 5.80. The maximum absolute atomic E-state index is 12.6. The Kier molecular flexibility index (Phi) is 54.2. The van der Waals surface area contributed by atoms with Gasteiger partial charge in [-0.15, -0.1) is 0 Å². The van der Waals surface area contributed by atoms with Gasteiger partial charge in [0.15, 0.2) is 0 Å². The Balaban J connectivity index is 1.67. The molecule has 1 rings (SSSR count). The number of hydrogen-bond donors (Lipinski definition) is 2. The smallest absolute Gasteiger partial charge is 0.309 e. The van der Waals surface area contributed by atoms with Crippen molar-refractivity contribution in [3.63, 3.8) is 0 Å². The molecule has 0 saturated carbocycles. The summed E-state index contributed by atoms with van der Waals surface area (Å²) in [5.74, 6) is -1.40. The topological polar surface area (TPSA) is 93.1 Å². The summed E-state index contributed by atoms with van der Waals surface area (Å²) in [6, 6.07) is 0. The Labute approximate surface area is 455 Å². The molecular formula is C67H128O6. The number of cyclic esters (lactones) is 2. The van der Waals surface area contributed by atoms with Gasteiger partial charge in [-0.05, 0) is 32.1 Å². The molecule has 1 saturated heterocycles. The van der Waals surface area contributed by atoms with Crippen LogP contribution in [0.25, 0.3) is 0 Å². The summed E-state index contributed by atoms with van der Waals surface area (Å²) in [5.41, 5.74) is -1.12. The van der Waals surface area contributed by atoms with Gasteiger partial charge in [-0.25, -0.2) is 0 Å². The zero-order chi connectivity index (χ0) is 52.5. The fourth-order valence-electron chi connectivity index (χ4n) is 11.1. The number of carbonyl (C=O) groups is 2. The van der Waals surface area contributed by atoms with Crippen LogP contribution in [0.15, 0.2) is 12.2 Å². The normalized spacial score (nSPS) is 15.2. The van der Waals surface area contributed by atoms with Crippen LogP contribution >= 0.6 is 0 Å². The first-order chi connectivity index (χ1) is 36.1. The summed E-state index contributed by atoms with van der Waals surface area (Å²) in [5, 5.41) is 19.2. The van der Waals surface area contributed by atoms with E-state index in [-0.39, 0.29) is 19.6 Å². The number of carbonyl (C=O) groups excluding carboxylic acids is 2. The first-order valence-corrected chi connectivity index (χ1v) is 33.3. The molecule has 0 aromatic heterocycles. The molecule has 432 valence electrons. The molecule has 1 heterocycles. The quantitative estimate of drug-likeness (QED) is 0.0358. The second kappa shape index (κ2) is 56.8. The van der Waals surface area contributed by atoms with Crippen molar-refractivity contribution in [3.8, 4) is 0 Å². The van der Waals surface area contributed by atoms with Crippen LogP contribution in [0.1, 0.15) is 366 Å². The van der Waals surface area contributed by atoms with Crippen LogP contribution in [-0.2, 0) is 19.1 Å². The van der Waals surface area contributed by atoms with E-state index in [0.29, 0.717) is 6.42 Å². The third-order valence-electron chi connectivity index (χ3n) is 16.5. The van der Waals surface area contributed by atoms with Crippen molar-refractivity contribution in [1.29, 1.82) is 0 Å². The van der Waals surface area contributed by atoms with Gasteiger partial charge in [0.1, 0.15) is 13.2 Å². The van der Waals surface area contributed by atoms with Crippen LogP contribution in [0.4, 0.5) is 0 Å². The Morgan fingerprint density at radius 2 is 0.589 bits per heavy atom. The van der Waals surface area contributed by atoms with Crippen LogP contribution in [0, 0.1) is 11.3 Å². The fraction of sp³-hybridized carbons (Fsp3) is 0.940. The number of ether oxygens (including phenoxy) is 2. The molecule has 73 heavy (non-hydrogen) atoms. The number of aliphatic hydroxyl groups is 2. The fourth-order valence-corrected chi connectivity index (χ4v) is 11.1. The van der Waals surface area contributed by atoms with E-state index in [2.05, 4.69) is 19.1 Å². The number of rotatable bonds is 58. The molecule has 6 heteroatoms. The van der Waals surface area contributed by atoms with E-state index in [1.807, 2.05) is 0 Å². The second-order valence-electron chi connectivity index (χ2n) is 23.9. The largest absolute Gasteiger partial charge is 0.465 e. The monoisotopic (exact) mass is 1030 g/mol. The minimum absolute atomic E-state index is 0.00521. The van der Waals surface area contributed by atoms with E-state index in [9.17, 15) is 19.8 Å². The molecule has 0 aliphatic carbocycles. The lowest BCUT2D eigenvalue weighted by Gasteiger charge is -2.27. The first kappa shape index (κ1) is 69.6. The molecule has 1 unspecified atom stereocenters. The summed E-state index contributed by atoms with van der Waals surface area (Å²) in [6.07, 6.45) is 81.6. The second-order valence-corrected chi connectivity index (χ2v) is 23.9. The Morgan fingerprint density at radius 1 is 0.356 bits per heavy atom. The lowest BCUT2D eigenvalue weighted by Crippen LogP contribution is -2.40. The summed E-state index contributed by atoms with van der Waals surface area (Å²) in [7, 11) is 0. The van der Waals surface area contributed by atoms with E-state index >= 15 is 0 Å². The predicted octanol–water partition coefficient (Wildman–Crippen LogP) is 21.1. The summed E-state index contributed by atoms with van der Waals surface area (Å²) in [6.45, 7) is 1.20. The van der Waals surface area contributed by atoms with Crippen molar-refractivity contribution in [2.45, 2.75) is 366 Å². The Bertz CT molecular complexity index is 1150. The Morgan fingerprint density at radius 3 is 0.849 bits per heavy atom. The van der Waals surface area contributed by atoms with Crippen molar-refractivity contribution in [2.24, 2.45) is 11.3 Å². The summed E-state index contributed by atoms with van der Waals surface area (Å²) in [4.78, 5) is 24.7. The lowest BCUT2D eigenvalue weighted by atomic mass is 9.92. The highest BCUT2D eigenvalue weighted by Crippen LogP contribution is 2.25. The standard InChI is InChI=1S/C67H128O6/c1-2-3-4-5-6-7-8-9-10-11-12-13-14-15-16-17-18-19-20-21-22-23-24-25-26-27-28-29-30-31-32-33-34-35-36-37-38-39-40-41-42-43-44-45-46-47-48-49-50-51-52-53-54-55-56-57-58-64-59-65(70)72-62-67(60-68,61-69)63-73-66(64)71/h9-10,64,68-69H,2-8,11-63H2,1H3/b10-9+. The minimum Gasteiger partial charge on any atom is -0.465 e. The number of esters is 2. The van der Waals surface area contributed by atoms with E-state index in [4.69, 9.17) is 9.47 Å². The van der Waals surface area contributed by atoms with E-state index < -0.39 is 36.5 Å². The van der Waals surface area contributed by atoms with Crippen molar-refractivity contribution in [3.05, 3.63) is 12.2 Å². The number of hydrogen-bond acceptors (Lipinski definition) is 6. The molecule has 6 nitrogen and oxygen atoms in total. The highest BCUT2D eigenvalue weighted by Gasteiger charge is 2.36. The SMILES string of the molecule is CCCCCCCC/C=C/CCCCCCCCCCCCCCCCCCCCCCCCCCCCCCCCCCCCCCCCCCCCCCCCC1CC(=O)OCC(CO)(CO)COC1=O. The minimum atomic E-state index is -1.12. The molecule has 0 amide bonds. The molecule has 0 spiro atoms. The maximum atomic E-state index is 12.6. The third-order valence-corrected chi connectivity index (χ3v) is 16.5. The number of allylic oxidation sites excluding steroid dienone is 2. The molecule has 1 atom stereocenters. The molecule has 0 aromatic carbocycles. The predicted molar refractivity (Wildman–Crippen MR) is 315 cm³/mol. The molecule has 0 bridgehead atoms. The van der Waals surface area contributed by atoms with Crippen LogP contribution in [0.5, 0.6) is 0 Å². The molecule has 2 N–H and O–H groups in total. The van der Waals surface area contributed by atoms with Gasteiger partial charge in [0.2, 0.25) is 0 Å². The van der Waals surface area contributed by atoms with Crippen LogP contribution in [-0.4, -0.2) is 48.6 Å². The van der Waals surface area contributed by atoms with Gasteiger partial charge in [-0.2, -0.15) is 0 Å². The van der Waals surface area contributed by atoms with Gasteiger partial charge in [-0.1, -0.05) is 340 Å². The van der Waals surface area contributed by atoms with Crippen LogP contribution in [0.2, 0.25) is 0 Å². The number of unbranched alkanes of at least 4 members (excludes halogenated alkanes) is 52. The van der Waals surface area contributed by atoms with Gasteiger partial charge in [0.25, 0.3) is 0 Å². The van der Waals surface area contributed by atoms with Crippen molar-refractivity contribution in [2.75, 3.05) is 26.4 Å². The first-order valence-electron chi connectivity index (χ1n) is 33.3. The molecule has 1 aliphatic rings. The van der Waals surface area contributed by atoms with E-state index in [1.54, 1.807) is 0 Å². The molecule has 1 fully saturated rings. The average Bonchev–Trinajstić information content (AvgIpc) is 3.46. The van der Waals surface area contributed by atoms with Crippen LogP contribution in [0.3, 0.4) is 0 Å². The van der Waals surface area contributed by atoms with Gasteiger partial charge in [-0.3, -0.25) is 9.59 Å². The summed E-state index contributed by atoms with van der Waals surface area (Å²) < 4.78 is 10.6. The Hall–Kier alpha value is -1.40. The van der Waals surface area contributed by atoms with E-state index in [0.717, 1.165) is 19.3 Å². The van der Waals surface area contributed by atoms with Crippen molar-refractivity contribution < 1.29 is 29.3 Å². The van der Waals surface area contributed by atoms with Crippen molar-refractivity contribution >= 4 is 11.9 Å². The maximum Gasteiger partial charge on any atom is 0.309 e. The highest BCUT2D eigenvalue weighted by atomic mass is 16.6. The third kappa shape index (κ3) is 48.7. The van der Waals surface area contributed by atoms with Gasteiger partial charge < -0.3 is 19.7 Å². The van der Waals surface area contributed by atoms with E-state index in [1.165, 1.54) is 327 Å². The summed E-state index contributed by atoms with van der Waals surface area (Å²) >= 11 is 0. The lowest BCUT2D eigenvalue weighted by molar-refractivity contribution is -0.155. The molecule has 0 aromatic rings. The van der Waals surface area contributed by atoms with Crippen LogP contribution < -0.4 is 0 Å². The average molecular weight is 1030 g/mol. The van der Waals surface area contributed by atoms with Gasteiger partial charge >= 0.3 is 11.9 Å². The molecule has 0 radical (unpaired) electrons. The molecule has 1 aliphatic heterocycles. The van der Waals surface area contributed by atoms with Gasteiger partial charge in [0, 0.05) is 0 Å². The molecular weight excluding hydrogens is 901 g/mol. The van der Waals surface area contributed by atoms with Gasteiger partial charge in [0.05, 0.1) is 31.0 Å².